The van der Waals surface area contributed by atoms with E-state index in [9.17, 15) is 4.79 Å². The summed E-state index contributed by atoms with van der Waals surface area (Å²) in [5.41, 5.74) is 3.65. The first-order chi connectivity index (χ1) is 12.5. The molecule has 0 spiro atoms. The molecular weight excluding hydrogens is 330 g/mol. The molecule has 6 heteroatoms. The van der Waals surface area contributed by atoms with Gasteiger partial charge in [0.25, 0.3) is 5.91 Å². The number of benzene rings is 1. The fraction of sp³-hybridized carbons (Fsp3) is 0.300. The third kappa shape index (κ3) is 3.79. The van der Waals surface area contributed by atoms with Gasteiger partial charge in [-0.15, -0.1) is 0 Å². The van der Waals surface area contributed by atoms with Crippen LogP contribution >= 0.6 is 0 Å². The van der Waals surface area contributed by atoms with E-state index in [4.69, 9.17) is 9.15 Å². The monoisotopic (exact) mass is 353 g/mol. The zero-order chi connectivity index (χ0) is 18.7. The summed E-state index contributed by atoms with van der Waals surface area (Å²) in [6.07, 6.45) is 3.28. The third-order valence-corrected chi connectivity index (χ3v) is 4.47. The largest absolute Gasteiger partial charge is 0.486 e. The molecule has 6 nitrogen and oxygen atoms in total. The number of furan rings is 1. The van der Waals surface area contributed by atoms with Crippen molar-refractivity contribution in [3.05, 3.63) is 70.9 Å². The number of nitrogens with zero attached hydrogens (tertiary/aromatic N) is 2. The van der Waals surface area contributed by atoms with Crippen LogP contribution in [0.25, 0.3) is 0 Å². The molecular formula is C20H23N3O3. The molecule has 0 aliphatic carbocycles. The molecule has 1 N–H and O–H groups in total. The number of ether oxygens (including phenoxy) is 1. The predicted molar refractivity (Wildman–Crippen MR) is 98.0 cm³/mol. The second kappa shape index (κ2) is 7.47. The van der Waals surface area contributed by atoms with Crippen LogP contribution in [-0.4, -0.2) is 15.7 Å². The molecule has 136 valence electrons. The fourth-order valence-corrected chi connectivity index (χ4v) is 2.73. The van der Waals surface area contributed by atoms with Crippen molar-refractivity contribution in [3.63, 3.8) is 0 Å². The zero-order valence-corrected chi connectivity index (χ0v) is 15.4. The van der Waals surface area contributed by atoms with E-state index in [0.717, 1.165) is 22.6 Å². The Bertz CT molecular complexity index is 893. The molecule has 1 aromatic carbocycles. The minimum atomic E-state index is -0.197. The summed E-state index contributed by atoms with van der Waals surface area (Å²) in [7, 11) is 1.88. The maximum atomic E-state index is 12.6. The van der Waals surface area contributed by atoms with E-state index in [0.29, 0.717) is 11.3 Å². The van der Waals surface area contributed by atoms with Crippen molar-refractivity contribution in [2.45, 2.75) is 33.4 Å². The first kappa shape index (κ1) is 17.8. The Balaban J connectivity index is 1.66. The lowest BCUT2D eigenvalue weighted by Gasteiger charge is -2.14. The van der Waals surface area contributed by atoms with Crippen LogP contribution in [0.4, 0.5) is 0 Å². The van der Waals surface area contributed by atoms with Gasteiger partial charge in [-0.2, -0.15) is 5.10 Å². The molecule has 0 bridgehead atoms. The van der Waals surface area contributed by atoms with Crippen molar-refractivity contribution < 1.29 is 13.9 Å². The van der Waals surface area contributed by atoms with Crippen LogP contribution in [0, 0.1) is 13.8 Å². The highest BCUT2D eigenvalue weighted by molar-refractivity contribution is 5.95. The first-order valence-electron chi connectivity index (χ1n) is 8.51. The molecule has 1 unspecified atom stereocenters. The lowest BCUT2D eigenvalue weighted by molar-refractivity contribution is 0.0935. The van der Waals surface area contributed by atoms with Crippen LogP contribution in [0.15, 0.2) is 47.2 Å². The molecule has 0 saturated carbocycles. The molecule has 3 aromatic rings. The summed E-state index contributed by atoms with van der Waals surface area (Å²) in [5.74, 6) is 1.04. The number of rotatable bonds is 6. The van der Waals surface area contributed by atoms with Gasteiger partial charge < -0.3 is 14.5 Å². The molecule has 3 rings (SSSR count). The van der Waals surface area contributed by atoms with Crippen molar-refractivity contribution >= 4 is 5.91 Å². The van der Waals surface area contributed by atoms with Crippen molar-refractivity contribution in [1.29, 1.82) is 0 Å². The van der Waals surface area contributed by atoms with Gasteiger partial charge >= 0.3 is 0 Å². The Morgan fingerprint density at radius 3 is 2.65 bits per heavy atom. The van der Waals surface area contributed by atoms with Gasteiger partial charge in [0.05, 0.1) is 24.1 Å². The topological polar surface area (TPSA) is 69.3 Å². The van der Waals surface area contributed by atoms with Gasteiger partial charge in [0.15, 0.2) is 5.76 Å². The van der Waals surface area contributed by atoms with Gasteiger partial charge in [-0.25, -0.2) is 0 Å². The van der Waals surface area contributed by atoms with Gasteiger partial charge in [-0.1, -0.05) is 17.7 Å². The second-order valence-electron chi connectivity index (χ2n) is 6.36. The van der Waals surface area contributed by atoms with Crippen LogP contribution in [0.5, 0.6) is 5.75 Å². The van der Waals surface area contributed by atoms with Gasteiger partial charge in [0.2, 0.25) is 0 Å². The third-order valence-electron chi connectivity index (χ3n) is 4.47. The van der Waals surface area contributed by atoms with Gasteiger partial charge in [-0.3, -0.25) is 9.48 Å². The lowest BCUT2D eigenvalue weighted by atomic mass is 10.1. The lowest BCUT2D eigenvalue weighted by Crippen LogP contribution is -2.27. The smallest absolute Gasteiger partial charge is 0.255 e. The predicted octanol–water partition coefficient (Wildman–Crippen LogP) is 3.70. The first-order valence-corrected chi connectivity index (χ1v) is 8.51. The van der Waals surface area contributed by atoms with Crippen molar-refractivity contribution in [2.24, 2.45) is 7.05 Å². The second-order valence-corrected chi connectivity index (χ2v) is 6.36. The number of carbonyl (C=O) groups excluding carboxylic acids is 1. The number of hydrogen-bond donors (Lipinski definition) is 1. The number of hydrogen-bond acceptors (Lipinski definition) is 4. The number of nitrogens with one attached hydrogen (secondary N) is 1. The molecule has 0 aliphatic rings. The maximum Gasteiger partial charge on any atom is 0.255 e. The van der Waals surface area contributed by atoms with Crippen LogP contribution in [0.1, 0.15) is 45.9 Å². The SMILES string of the molecule is Cc1ccc(OCc2occc2C(=O)NC(C)c2cnn(C)c2C)cc1. The Morgan fingerprint density at radius 2 is 2.00 bits per heavy atom. The van der Waals surface area contributed by atoms with E-state index >= 15 is 0 Å². The number of aryl methyl sites for hydroxylation is 2. The Hall–Kier alpha value is -3.02. The Kier molecular flexibility index (Phi) is 5.11. The summed E-state index contributed by atoms with van der Waals surface area (Å²) in [6.45, 7) is 6.12. The molecule has 26 heavy (non-hydrogen) atoms. The summed E-state index contributed by atoms with van der Waals surface area (Å²) in [6, 6.07) is 9.24. The van der Waals surface area contributed by atoms with Crippen LogP contribution in [0.3, 0.4) is 0 Å². The van der Waals surface area contributed by atoms with E-state index in [1.54, 1.807) is 16.9 Å². The molecule has 0 radical (unpaired) electrons. The van der Waals surface area contributed by atoms with E-state index in [2.05, 4.69) is 10.4 Å². The highest BCUT2D eigenvalue weighted by atomic mass is 16.5. The van der Waals surface area contributed by atoms with Gasteiger partial charge in [0.1, 0.15) is 12.4 Å². The van der Waals surface area contributed by atoms with E-state index in [-0.39, 0.29) is 18.6 Å². The molecule has 2 aromatic heterocycles. The summed E-state index contributed by atoms with van der Waals surface area (Å²) in [5, 5.41) is 7.21. The molecule has 0 fully saturated rings. The van der Waals surface area contributed by atoms with Gasteiger partial charge in [0, 0.05) is 18.3 Å². The van der Waals surface area contributed by atoms with Crippen molar-refractivity contribution in [3.8, 4) is 5.75 Å². The Labute approximate surface area is 152 Å². The number of aromatic nitrogens is 2. The minimum Gasteiger partial charge on any atom is -0.486 e. The zero-order valence-electron chi connectivity index (χ0n) is 15.4. The summed E-state index contributed by atoms with van der Waals surface area (Å²) in [4.78, 5) is 12.6. The normalized spacial score (nSPS) is 12.0. The average Bonchev–Trinajstić information content (AvgIpc) is 3.22. The minimum absolute atomic E-state index is 0.156. The maximum absolute atomic E-state index is 12.6. The number of carbonyl (C=O) groups is 1. The van der Waals surface area contributed by atoms with Crippen molar-refractivity contribution in [1.82, 2.24) is 15.1 Å². The quantitative estimate of drug-likeness (QED) is 0.734. The van der Waals surface area contributed by atoms with Crippen LogP contribution in [-0.2, 0) is 13.7 Å². The molecule has 0 aliphatic heterocycles. The fourth-order valence-electron chi connectivity index (χ4n) is 2.73. The van der Waals surface area contributed by atoms with E-state index in [1.165, 1.54) is 6.26 Å². The van der Waals surface area contributed by atoms with E-state index < -0.39 is 0 Å². The van der Waals surface area contributed by atoms with Crippen LogP contribution in [0.2, 0.25) is 0 Å². The van der Waals surface area contributed by atoms with Gasteiger partial charge in [-0.05, 0) is 39.0 Å². The molecule has 0 saturated heterocycles. The van der Waals surface area contributed by atoms with E-state index in [1.807, 2.05) is 52.1 Å². The average molecular weight is 353 g/mol. The molecule has 1 atom stereocenters. The standard InChI is InChI=1S/C20H23N3O3/c1-13-5-7-16(8-6-13)26-12-19-17(9-10-25-19)20(24)22-14(2)18-11-21-23(4)15(18)3/h5-11,14H,12H2,1-4H3,(H,22,24). The Morgan fingerprint density at radius 1 is 1.27 bits per heavy atom. The molecule has 2 heterocycles. The highest BCUT2D eigenvalue weighted by Gasteiger charge is 2.19. The van der Waals surface area contributed by atoms with Crippen LogP contribution < -0.4 is 10.1 Å². The van der Waals surface area contributed by atoms with Crippen molar-refractivity contribution in [2.75, 3.05) is 0 Å². The highest BCUT2D eigenvalue weighted by Crippen LogP contribution is 2.20. The molecule has 1 amide bonds. The summed E-state index contributed by atoms with van der Waals surface area (Å²) >= 11 is 0. The number of amides is 1. The summed E-state index contributed by atoms with van der Waals surface area (Å²) < 4.78 is 13.0.